The number of hydrogen-bond donors (Lipinski definition) is 3. The molecule has 1 aromatic carbocycles. The predicted octanol–water partition coefficient (Wildman–Crippen LogP) is 3.42. The van der Waals surface area contributed by atoms with E-state index in [1.54, 1.807) is 0 Å². The summed E-state index contributed by atoms with van der Waals surface area (Å²) in [5, 5.41) is 19.8. The summed E-state index contributed by atoms with van der Waals surface area (Å²) in [6.07, 6.45) is 2.49. The van der Waals surface area contributed by atoms with Crippen molar-refractivity contribution in [3.05, 3.63) is 58.3 Å². The van der Waals surface area contributed by atoms with Gasteiger partial charge >= 0.3 is 0 Å². The molecule has 5 nitrogen and oxygen atoms in total. The number of aliphatic imine (C=N–C) groups is 1. The number of nitrogens with one attached hydrogen (secondary N) is 2. The highest BCUT2D eigenvalue weighted by Crippen LogP contribution is 2.21. The van der Waals surface area contributed by atoms with Gasteiger partial charge in [0, 0.05) is 31.1 Å². The Hall–Kier alpha value is -1.89. The normalized spacial score (nSPS) is 20.2. The van der Waals surface area contributed by atoms with Crippen molar-refractivity contribution in [1.29, 1.82) is 0 Å². The van der Waals surface area contributed by atoms with E-state index in [0.717, 1.165) is 37.7 Å². The largest absolute Gasteiger partial charge is 0.384 e. The molecule has 6 heteroatoms. The lowest BCUT2D eigenvalue weighted by molar-refractivity contribution is 0.0672. The molecule has 1 aliphatic heterocycles. The van der Waals surface area contributed by atoms with E-state index >= 15 is 0 Å². The molecule has 1 aromatic heterocycles. The molecule has 3 rings (SSSR count). The number of likely N-dealkylation sites (tertiary alicyclic amines) is 1. The van der Waals surface area contributed by atoms with E-state index in [9.17, 15) is 5.11 Å². The first-order valence-corrected chi connectivity index (χ1v) is 11.5. The Bertz CT molecular complexity index is 746. The molecule has 2 aromatic rings. The van der Waals surface area contributed by atoms with E-state index in [0.29, 0.717) is 12.5 Å². The van der Waals surface area contributed by atoms with Gasteiger partial charge in [-0.1, -0.05) is 36.4 Å². The van der Waals surface area contributed by atoms with E-state index in [2.05, 4.69) is 45.0 Å². The molecule has 1 aliphatic rings. The summed E-state index contributed by atoms with van der Waals surface area (Å²) in [6, 6.07) is 14.1. The van der Waals surface area contributed by atoms with Gasteiger partial charge in [0.1, 0.15) is 5.60 Å². The van der Waals surface area contributed by atoms with Crippen molar-refractivity contribution < 1.29 is 5.11 Å². The molecular formula is C23H34N4OS. The summed E-state index contributed by atoms with van der Waals surface area (Å²) in [5.41, 5.74) is -0.0949. The monoisotopic (exact) mass is 414 g/mol. The molecule has 2 unspecified atom stereocenters. The molecular weight excluding hydrogens is 380 g/mol. The van der Waals surface area contributed by atoms with Gasteiger partial charge < -0.3 is 15.7 Å². The first-order chi connectivity index (χ1) is 14.1. The fraction of sp³-hybridized carbons (Fsp3) is 0.522. The number of nitrogens with zero attached hydrogens (tertiary/aromatic N) is 2. The third-order valence-corrected chi connectivity index (χ3v) is 6.27. The molecule has 1 saturated heterocycles. The highest BCUT2D eigenvalue weighted by Gasteiger charge is 2.23. The third-order valence-electron chi connectivity index (χ3n) is 5.41. The average Bonchev–Trinajstić information content (AvgIpc) is 3.24. The molecule has 0 aliphatic carbocycles. The van der Waals surface area contributed by atoms with Gasteiger partial charge in [0.05, 0.1) is 6.54 Å². The SMILES string of the molecule is CCNC(=NCC(C)(O)c1ccccc1)NCC1CCCN(Cc2cccs2)C1. The summed E-state index contributed by atoms with van der Waals surface area (Å²) in [5.74, 6) is 1.39. The van der Waals surface area contributed by atoms with Crippen molar-refractivity contribution in [1.82, 2.24) is 15.5 Å². The van der Waals surface area contributed by atoms with Gasteiger partial charge in [-0.25, -0.2) is 4.99 Å². The van der Waals surface area contributed by atoms with Gasteiger partial charge in [-0.2, -0.15) is 0 Å². The van der Waals surface area contributed by atoms with Crippen LogP contribution in [0.15, 0.2) is 52.8 Å². The molecule has 3 N–H and O–H groups in total. The summed E-state index contributed by atoms with van der Waals surface area (Å²) >= 11 is 1.84. The van der Waals surface area contributed by atoms with E-state index in [-0.39, 0.29) is 0 Å². The zero-order chi connectivity index (χ0) is 20.5. The lowest BCUT2D eigenvalue weighted by Gasteiger charge is -2.32. The van der Waals surface area contributed by atoms with Gasteiger partial charge in [0.25, 0.3) is 0 Å². The van der Waals surface area contributed by atoms with Crippen molar-refractivity contribution in [2.75, 3.05) is 32.7 Å². The summed E-state index contributed by atoms with van der Waals surface area (Å²) in [6.45, 7) is 9.27. The van der Waals surface area contributed by atoms with Crippen molar-refractivity contribution in [2.45, 2.75) is 38.8 Å². The maximum absolute atomic E-state index is 10.8. The number of thiophene rings is 1. The fourth-order valence-electron chi connectivity index (χ4n) is 3.79. The Morgan fingerprint density at radius 3 is 2.79 bits per heavy atom. The van der Waals surface area contributed by atoms with E-state index in [1.807, 2.05) is 48.6 Å². The number of guanidine groups is 1. The van der Waals surface area contributed by atoms with Crippen molar-refractivity contribution in [2.24, 2.45) is 10.9 Å². The Balaban J connectivity index is 1.52. The lowest BCUT2D eigenvalue weighted by Crippen LogP contribution is -2.44. The summed E-state index contributed by atoms with van der Waals surface area (Å²) in [4.78, 5) is 8.66. The van der Waals surface area contributed by atoms with E-state index in [4.69, 9.17) is 0 Å². The third kappa shape index (κ3) is 6.84. The Kier molecular flexibility index (Phi) is 8.09. The molecule has 0 bridgehead atoms. The topological polar surface area (TPSA) is 59.9 Å². The van der Waals surface area contributed by atoms with Crippen molar-refractivity contribution in [3.63, 3.8) is 0 Å². The minimum absolute atomic E-state index is 0.321. The zero-order valence-corrected chi connectivity index (χ0v) is 18.4. The zero-order valence-electron chi connectivity index (χ0n) is 17.6. The molecule has 0 radical (unpaired) electrons. The number of rotatable bonds is 8. The second kappa shape index (κ2) is 10.8. The fourth-order valence-corrected chi connectivity index (χ4v) is 4.53. The molecule has 0 spiro atoms. The van der Waals surface area contributed by atoms with Crippen LogP contribution in [0.1, 0.15) is 37.1 Å². The van der Waals surface area contributed by atoms with Gasteiger partial charge in [-0.3, -0.25) is 4.90 Å². The van der Waals surface area contributed by atoms with Crippen LogP contribution in [0.2, 0.25) is 0 Å². The molecule has 2 atom stereocenters. The number of aliphatic hydroxyl groups is 1. The molecule has 1 fully saturated rings. The van der Waals surface area contributed by atoms with Crippen LogP contribution in [0.3, 0.4) is 0 Å². The van der Waals surface area contributed by atoms with Crippen LogP contribution >= 0.6 is 11.3 Å². The minimum Gasteiger partial charge on any atom is -0.384 e. The first kappa shape index (κ1) is 21.8. The predicted molar refractivity (Wildman–Crippen MR) is 122 cm³/mol. The second-order valence-corrected chi connectivity index (χ2v) is 9.07. The molecule has 0 amide bonds. The standard InChI is InChI=1S/C23H34N4OS/c1-3-24-22(26-18-23(2,28)20-10-5-4-6-11-20)25-15-19-9-7-13-27(16-19)17-21-12-8-14-29-21/h4-6,8,10-12,14,19,28H,3,7,9,13,15-18H2,1-2H3,(H2,24,25,26). The Labute approximate surface area is 178 Å². The maximum Gasteiger partial charge on any atom is 0.191 e. The van der Waals surface area contributed by atoms with Gasteiger partial charge in [0.2, 0.25) is 0 Å². The summed E-state index contributed by atoms with van der Waals surface area (Å²) in [7, 11) is 0. The average molecular weight is 415 g/mol. The second-order valence-electron chi connectivity index (χ2n) is 8.04. The van der Waals surface area contributed by atoms with Crippen LogP contribution in [-0.4, -0.2) is 48.7 Å². The van der Waals surface area contributed by atoms with E-state index < -0.39 is 5.60 Å². The number of hydrogen-bond acceptors (Lipinski definition) is 4. The van der Waals surface area contributed by atoms with Crippen LogP contribution in [0.5, 0.6) is 0 Å². The molecule has 2 heterocycles. The van der Waals surface area contributed by atoms with Crippen LogP contribution in [0.4, 0.5) is 0 Å². The van der Waals surface area contributed by atoms with Gasteiger partial charge in [-0.15, -0.1) is 11.3 Å². The van der Waals surface area contributed by atoms with Gasteiger partial charge in [-0.05, 0) is 56.2 Å². The molecule has 158 valence electrons. The smallest absolute Gasteiger partial charge is 0.191 e. The van der Waals surface area contributed by atoms with Crippen LogP contribution in [-0.2, 0) is 12.1 Å². The molecule has 29 heavy (non-hydrogen) atoms. The van der Waals surface area contributed by atoms with Crippen LogP contribution in [0, 0.1) is 5.92 Å². The van der Waals surface area contributed by atoms with E-state index in [1.165, 1.54) is 24.3 Å². The lowest BCUT2D eigenvalue weighted by atomic mass is 9.96. The highest BCUT2D eigenvalue weighted by atomic mass is 32.1. The minimum atomic E-state index is -0.980. The number of piperidine rings is 1. The highest BCUT2D eigenvalue weighted by molar-refractivity contribution is 7.09. The van der Waals surface area contributed by atoms with Crippen molar-refractivity contribution >= 4 is 17.3 Å². The first-order valence-electron chi connectivity index (χ1n) is 10.6. The van der Waals surface area contributed by atoms with Gasteiger partial charge in [0.15, 0.2) is 5.96 Å². The van der Waals surface area contributed by atoms with Crippen LogP contribution in [0.25, 0.3) is 0 Å². The summed E-state index contributed by atoms with van der Waals surface area (Å²) < 4.78 is 0. The maximum atomic E-state index is 10.8. The number of benzene rings is 1. The molecule has 0 saturated carbocycles. The van der Waals surface area contributed by atoms with Crippen molar-refractivity contribution in [3.8, 4) is 0 Å². The Morgan fingerprint density at radius 2 is 2.07 bits per heavy atom. The quantitative estimate of drug-likeness (QED) is 0.458. The van der Waals surface area contributed by atoms with Crippen LogP contribution < -0.4 is 10.6 Å². The Morgan fingerprint density at radius 1 is 1.24 bits per heavy atom.